The maximum Gasteiger partial charge on any atom is 0.191 e. The van der Waals surface area contributed by atoms with Gasteiger partial charge in [-0.15, -0.1) is 0 Å². The van der Waals surface area contributed by atoms with Crippen molar-refractivity contribution in [1.29, 1.82) is 0 Å². The number of hydrogen-bond acceptors (Lipinski definition) is 5. The Morgan fingerprint density at radius 3 is 2.84 bits per heavy atom. The summed E-state index contributed by atoms with van der Waals surface area (Å²) in [4.78, 5) is 8.86. The lowest BCUT2D eigenvalue weighted by Gasteiger charge is -2.07. The Labute approximate surface area is 115 Å². The van der Waals surface area contributed by atoms with Gasteiger partial charge in [-0.05, 0) is 12.3 Å². The molecule has 0 aliphatic rings. The fourth-order valence-corrected chi connectivity index (χ4v) is 2.27. The molecule has 3 aromatic rings. The molecule has 3 rings (SSSR count). The van der Waals surface area contributed by atoms with Crippen LogP contribution in [0, 0.1) is 0 Å². The van der Waals surface area contributed by atoms with Crippen LogP contribution in [0.5, 0.6) is 0 Å². The van der Waals surface area contributed by atoms with Gasteiger partial charge in [-0.2, -0.15) is 5.10 Å². The van der Waals surface area contributed by atoms with Crippen molar-refractivity contribution < 1.29 is 0 Å². The molecule has 1 aromatic carbocycles. The van der Waals surface area contributed by atoms with Gasteiger partial charge in [-0.1, -0.05) is 30.0 Å². The largest absolute Gasteiger partial charge is 0.373 e. The van der Waals surface area contributed by atoms with Crippen LogP contribution in [0.4, 0.5) is 5.82 Å². The van der Waals surface area contributed by atoms with Gasteiger partial charge in [-0.3, -0.25) is 0 Å². The zero-order valence-electron chi connectivity index (χ0n) is 10.7. The molecule has 2 aromatic heterocycles. The van der Waals surface area contributed by atoms with Crippen molar-refractivity contribution in [1.82, 2.24) is 19.7 Å². The quantitative estimate of drug-likeness (QED) is 0.586. The van der Waals surface area contributed by atoms with E-state index in [1.54, 1.807) is 0 Å². The number of nitrogens with one attached hydrogen (secondary N) is 1. The zero-order chi connectivity index (χ0) is 13.2. The third kappa shape index (κ3) is 2.15. The van der Waals surface area contributed by atoms with Crippen LogP contribution in [0.15, 0.2) is 41.7 Å². The minimum Gasteiger partial charge on any atom is -0.373 e. The molecule has 0 saturated heterocycles. The van der Waals surface area contributed by atoms with Crippen molar-refractivity contribution in [3.05, 3.63) is 36.5 Å². The molecule has 0 spiro atoms. The second kappa shape index (κ2) is 4.89. The van der Waals surface area contributed by atoms with Crippen LogP contribution in [0.1, 0.15) is 0 Å². The van der Waals surface area contributed by atoms with E-state index in [0.29, 0.717) is 0 Å². The smallest absolute Gasteiger partial charge is 0.191 e. The van der Waals surface area contributed by atoms with Crippen molar-refractivity contribution in [3.8, 4) is 5.82 Å². The first-order valence-electron chi connectivity index (χ1n) is 5.86. The van der Waals surface area contributed by atoms with Crippen LogP contribution in [-0.2, 0) is 0 Å². The minimum absolute atomic E-state index is 0.724. The van der Waals surface area contributed by atoms with E-state index < -0.39 is 0 Å². The SMILES string of the molecule is CNc1cc(-n2ncc3ccccc32)nc(SC)n1. The predicted molar refractivity (Wildman–Crippen MR) is 78.0 cm³/mol. The summed E-state index contributed by atoms with van der Waals surface area (Å²) in [6.07, 6.45) is 3.80. The maximum absolute atomic E-state index is 4.50. The van der Waals surface area contributed by atoms with Crippen molar-refractivity contribution in [3.63, 3.8) is 0 Å². The van der Waals surface area contributed by atoms with E-state index >= 15 is 0 Å². The van der Waals surface area contributed by atoms with E-state index in [2.05, 4.69) is 20.4 Å². The molecule has 0 aliphatic carbocycles. The molecule has 0 aliphatic heterocycles. The van der Waals surface area contributed by atoms with Gasteiger partial charge in [0, 0.05) is 18.5 Å². The first kappa shape index (κ1) is 12.0. The average Bonchev–Trinajstić information content (AvgIpc) is 2.90. The van der Waals surface area contributed by atoms with Crippen LogP contribution in [0.25, 0.3) is 16.7 Å². The number of fused-ring (bicyclic) bond motifs is 1. The summed E-state index contributed by atoms with van der Waals surface area (Å²) in [6.45, 7) is 0. The third-order valence-electron chi connectivity index (χ3n) is 2.83. The summed E-state index contributed by atoms with van der Waals surface area (Å²) in [5, 5.41) is 9.27. The summed E-state index contributed by atoms with van der Waals surface area (Å²) < 4.78 is 1.83. The number of aromatic nitrogens is 4. The van der Waals surface area contributed by atoms with Gasteiger partial charge in [0.05, 0.1) is 11.7 Å². The standard InChI is InChI=1S/C13H13N5S/c1-14-11-7-12(17-13(16-11)19-2)18-10-6-4-3-5-9(10)8-15-18/h3-8H,1-2H3,(H,14,16,17). The Bertz CT molecular complexity index is 700. The summed E-state index contributed by atoms with van der Waals surface area (Å²) in [5.41, 5.74) is 1.04. The first-order chi connectivity index (χ1) is 9.31. The molecule has 5 nitrogen and oxygen atoms in total. The van der Waals surface area contributed by atoms with E-state index in [0.717, 1.165) is 27.7 Å². The summed E-state index contributed by atoms with van der Waals surface area (Å²) >= 11 is 1.51. The zero-order valence-corrected chi connectivity index (χ0v) is 11.5. The number of nitrogens with zero attached hydrogens (tertiary/aromatic N) is 4. The Balaban J connectivity index is 2.20. The Morgan fingerprint density at radius 2 is 2.05 bits per heavy atom. The van der Waals surface area contributed by atoms with Crippen LogP contribution in [0.2, 0.25) is 0 Å². The predicted octanol–water partition coefficient (Wildman–Crippen LogP) is 2.58. The van der Waals surface area contributed by atoms with Gasteiger partial charge in [0.15, 0.2) is 11.0 Å². The Hall–Kier alpha value is -2.08. The van der Waals surface area contributed by atoms with E-state index in [1.165, 1.54) is 11.8 Å². The summed E-state index contributed by atoms with van der Waals surface area (Å²) in [6, 6.07) is 9.95. The fraction of sp³-hybridized carbons (Fsp3) is 0.154. The highest BCUT2D eigenvalue weighted by Crippen LogP contribution is 2.20. The normalized spacial score (nSPS) is 10.8. The maximum atomic E-state index is 4.50. The number of anilines is 1. The topological polar surface area (TPSA) is 55.6 Å². The molecule has 0 fully saturated rings. The second-order valence-electron chi connectivity index (χ2n) is 3.96. The fourth-order valence-electron chi connectivity index (χ4n) is 1.90. The Morgan fingerprint density at radius 1 is 1.21 bits per heavy atom. The monoisotopic (exact) mass is 271 g/mol. The number of rotatable bonds is 3. The van der Waals surface area contributed by atoms with E-state index in [-0.39, 0.29) is 0 Å². The van der Waals surface area contributed by atoms with Crippen molar-refractivity contribution >= 4 is 28.5 Å². The number of para-hydroxylation sites is 1. The lowest BCUT2D eigenvalue weighted by Crippen LogP contribution is -2.04. The average molecular weight is 271 g/mol. The molecule has 0 atom stereocenters. The van der Waals surface area contributed by atoms with Crippen LogP contribution in [0.3, 0.4) is 0 Å². The van der Waals surface area contributed by atoms with Gasteiger partial charge in [0.1, 0.15) is 5.82 Å². The van der Waals surface area contributed by atoms with Crippen molar-refractivity contribution in [2.24, 2.45) is 0 Å². The minimum atomic E-state index is 0.724. The molecule has 2 heterocycles. The molecule has 96 valence electrons. The molecule has 1 N–H and O–H groups in total. The molecular formula is C13H13N5S. The van der Waals surface area contributed by atoms with Gasteiger partial charge >= 0.3 is 0 Å². The van der Waals surface area contributed by atoms with Crippen LogP contribution < -0.4 is 5.32 Å². The summed E-state index contributed by atoms with van der Waals surface area (Å²) in [7, 11) is 1.84. The molecule has 6 heteroatoms. The van der Waals surface area contributed by atoms with Gasteiger partial charge in [0.2, 0.25) is 0 Å². The molecule has 0 saturated carbocycles. The first-order valence-corrected chi connectivity index (χ1v) is 7.08. The molecule has 0 amide bonds. The number of thioether (sulfide) groups is 1. The highest BCUT2D eigenvalue weighted by Gasteiger charge is 2.08. The summed E-state index contributed by atoms with van der Waals surface area (Å²) in [5.74, 6) is 1.55. The van der Waals surface area contributed by atoms with Crippen molar-refractivity contribution in [2.45, 2.75) is 5.16 Å². The molecule has 19 heavy (non-hydrogen) atoms. The molecule has 0 bridgehead atoms. The van der Waals surface area contributed by atoms with Crippen molar-refractivity contribution in [2.75, 3.05) is 18.6 Å². The van der Waals surface area contributed by atoms with Gasteiger partial charge in [-0.25, -0.2) is 14.6 Å². The van der Waals surface area contributed by atoms with E-state index in [4.69, 9.17) is 0 Å². The second-order valence-corrected chi connectivity index (χ2v) is 4.74. The lowest BCUT2D eigenvalue weighted by atomic mass is 10.2. The number of benzene rings is 1. The van der Waals surface area contributed by atoms with Gasteiger partial charge < -0.3 is 5.32 Å². The van der Waals surface area contributed by atoms with Crippen LogP contribution >= 0.6 is 11.8 Å². The molecule has 0 unspecified atom stereocenters. The van der Waals surface area contributed by atoms with E-state index in [1.807, 2.05) is 54.5 Å². The van der Waals surface area contributed by atoms with E-state index in [9.17, 15) is 0 Å². The molecule has 0 radical (unpaired) electrons. The highest BCUT2D eigenvalue weighted by molar-refractivity contribution is 7.98. The Kier molecular flexibility index (Phi) is 3.08. The third-order valence-corrected chi connectivity index (χ3v) is 3.37. The molecular weight excluding hydrogens is 258 g/mol. The highest BCUT2D eigenvalue weighted by atomic mass is 32.2. The number of hydrogen-bond donors (Lipinski definition) is 1. The van der Waals surface area contributed by atoms with Gasteiger partial charge in [0.25, 0.3) is 0 Å². The van der Waals surface area contributed by atoms with Crippen LogP contribution in [-0.4, -0.2) is 33.1 Å². The lowest BCUT2D eigenvalue weighted by molar-refractivity contribution is 0.829.